The topological polar surface area (TPSA) is 34.1 Å². The summed E-state index contributed by atoms with van der Waals surface area (Å²) >= 11 is 0. The Hall–Kier alpha value is -1.37. The zero-order valence-corrected chi connectivity index (χ0v) is 9.36. The zero-order chi connectivity index (χ0) is 13.0. The Kier molecular flexibility index (Phi) is 4.68. The molecule has 0 fully saturated rings. The van der Waals surface area contributed by atoms with Crippen molar-refractivity contribution in [3.05, 3.63) is 23.5 Å². The molecule has 1 aromatic heterocycles. The summed E-state index contributed by atoms with van der Waals surface area (Å²) < 4.78 is 56.6. The van der Waals surface area contributed by atoms with Gasteiger partial charge in [-0.25, -0.2) is 0 Å². The van der Waals surface area contributed by atoms with Crippen molar-refractivity contribution in [2.75, 3.05) is 18.5 Å². The summed E-state index contributed by atoms with van der Waals surface area (Å²) in [5.74, 6) is -6.46. The van der Waals surface area contributed by atoms with Crippen LogP contribution in [0.15, 0.2) is 0 Å². The number of ether oxygens (including phenoxy) is 1. The van der Waals surface area contributed by atoms with Crippen molar-refractivity contribution in [1.29, 1.82) is 0 Å². The summed E-state index contributed by atoms with van der Waals surface area (Å²) in [6.45, 7) is 3.75. The average Bonchev–Trinajstić information content (AvgIpc) is 2.25. The minimum absolute atomic E-state index is 0.0227. The van der Waals surface area contributed by atoms with E-state index in [1.165, 1.54) is 0 Å². The lowest BCUT2D eigenvalue weighted by atomic mass is 10.3. The number of hydrogen-bond donors (Lipinski definition) is 1. The summed E-state index contributed by atoms with van der Waals surface area (Å²) in [5.41, 5.74) is -0.873. The Balaban J connectivity index is 2.70. The van der Waals surface area contributed by atoms with E-state index in [9.17, 15) is 17.6 Å². The number of pyridine rings is 1. The summed E-state index contributed by atoms with van der Waals surface area (Å²) in [6.07, 6.45) is -0.0441. The van der Waals surface area contributed by atoms with E-state index < -0.39 is 29.2 Å². The molecule has 0 bridgehead atoms. The van der Waals surface area contributed by atoms with E-state index in [-0.39, 0.29) is 19.3 Å². The maximum Gasteiger partial charge on any atom is 0.253 e. The lowest BCUT2D eigenvalue weighted by molar-refractivity contribution is 0.0870. The lowest BCUT2D eigenvalue weighted by Gasteiger charge is -2.11. The first kappa shape index (κ1) is 13.7. The highest BCUT2D eigenvalue weighted by atomic mass is 19.2. The van der Waals surface area contributed by atoms with Crippen LogP contribution in [0.1, 0.15) is 13.8 Å². The van der Waals surface area contributed by atoms with Crippen LogP contribution in [0.5, 0.6) is 0 Å². The number of hydrogen-bond acceptors (Lipinski definition) is 3. The van der Waals surface area contributed by atoms with E-state index in [1.54, 1.807) is 13.8 Å². The summed E-state index contributed by atoms with van der Waals surface area (Å²) in [6, 6.07) is 0. The Bertz CT molecular complexity index is 372. The average molecular weight is 252 g/mol. The molecule has 0 saturated heterocycles. The molecule has 1 aromatic rings. The molecule has 0 amide bonds. The molecule has 1 rings (SSSR count). The van der Waals surface area contributed by atoms with Crippen molar-refractivity contribution in [3.8, 4) is 0 Å². The minimum Gasteiger partial charge on any atom is -0.378 e. The fraction of sp³-hybridized carbons (Fsp3) is 0.500. The van der Waals surface area contributed by atoms with Gasteiger partial charge in [0.1, 0.15) is 5.69 Å². The van der Waals surface area contributed by atoms with Crippen molar-refractivity contribution in [2.45, 2.75) is 20.0 Å². The SMILES string of the molecule is CC(C)OCCNc1c(F)c(F)nc(F)c1F. The molecule has 1 N–H and O–H groups in total. The Morgan fingerprint density at radius 2 is 1.65 bits per heavy atom. The van der Waals surface area contributed by atoms with Gasteiger partial charge in [-0.15, -0.1) is 0 Å². The third kappa shape index (κ3) is 3.55. The van der Waals surface area contributed by atoms with Gasteiger partial charge in [0.25, 0.3) is 11.9 Å². The summed E-state index contributed by atoms with van der Waals surface area (Å²) in [5, 5.41) is 2.22. The highest BCUT2D eigenvalue weighted by Gasteiger charge is 2.20. The van der Waals surface area contributed by atoms with Gasteiger partial charge in [0.05, 0.1) is 12.7 Å². The van der Waals surface area contributed by atoms with E-state index in [4.69, 9.17) is 4.74 Å². The lowest BCUT2D eigenvalue weighted by Crippen LogP contribution is -2.16. The monoisotopic (exact) mass is 252 g/mol. The molecule has 17 heavy (non-hydrogen) atoms. The second-order valence-electron chi connectivity index (χ2n) is 3.54. The van der Waals surface area contributed by atoms with Gasteiger partial charge in [-0.2, -0.15) is 22.5 Å². The largest absolute Gasteiger partial charge is 0.378 e. The third-order valence-electron chi connectivity index (χ3n) is 1.85. The van der Waals surface area contributed by atoms with Crippen LogP contribution < -0.4 is 5.32 Å². The van der Waals surface area contributed by atoms with E-state index in [0.29, 0.717) is 0 Å². The number of halogens is 4. The van der Waals surface area contributed by atoms with Gasteiger partial charge in [0.2, 0.25) is 11.6 Å². The number of rotatable bonds is 5. The van der Waals surface area contributed by atoms with Crippen LogP contribution in [-0.2, 0) is 4.74 Å². The van der Waals surface area contributed by atoms with Crippen molar-refractivity contribution in [1.82, 2.24) is 4.98 Å². The second kappa shape index (κ2) is 5.81. The van der Waals surface area contributed by atoms with Crippen LogP contribution >= 0.6 is 0 Å². The molecule has 0 aliphatic heterocycles. The van der Waals surface area contributed by atoms with Crippen molar-refractivity contribution in [2.24, 2.45) is 0 Å². The highest BCUT2D eigenvalue weighted by molar-refractivity contribution is 5.45. The van der Waals surface area contributed by atoms with Gasteiger partial charge in [-0.3, -0.25) is 0 Å². The standard InChI is InChI=1S/C10H12F4N2O/c1-5(2)17-4-3-15-8-6(11)9(13)16-10(14)7(8)12/h5H,3-4H2,1-2H3,(H,15,16). The molecule has 96 valence electrons. The molecule has 0 spiro atoms. The smallest absolute Gasteiger partial charge is 0.253 e. The van der Waals surface area contributed by atoms with Gasteiger partial charge in [0.15, 0.2) is 0 Å². The van der Waals surface area contributed by atoms with Crippen molar-refractivity contribution >= 4 is 5.69 Å². The van der Waals surface area contributed by atoms with Crippen LogP contribution in [0.25, 0.3) is 0 Å². The zero-order valence-electron chi connectivity index (χ0n) is 9.36. The normalized spacial score (nSPS) is 11.0. The molecule has 0 saturated carbocycles. The number of anilines is 1. The molecular weight excluding hydrogens is 240 g/mol. The fourth-order valence-corrected chi connectivity index (χ4v) is 1.11. The van der Waals surface area contributed by atoms with E-state index in [2.05, 4.69) is 10.3 Å². The quantitative estimate of drug-likeness (QED) is 0.496. The molecule has 0 radical (unpaired) electrons. The molecular formula is C10H12F4N2O. The Morgan fingerprint density at radius 3 is 2.12 bits per heavy atom. The first-order chi connectivity index (χ1) is 7.93. The van der Waals surface area contributed by atoms with Crippen LogP contribution in [0.4, 0.5) is 23.2 Å². The molecule has 0 aromatic carbocycles. The minimum atomic E-state index is -1.68. The Labute approximate surface area is 95.8 Å². The third-order valence-corrected chi connectivity index (χ3v) is 1.85. The predicted molar refractivity (Wildman–Crippen MR) is 53.6 cm³/mol. The fourth-order valence-electron chi connectivity index (χ4n) is 1.11. The van der Waals surface area contributed by atoms with Crippen LogP contribution in [-0.4, -0.2) is 24.2 Å². The van der Waals surface area contributed by atoms with Crippen molar-refractivity contribution in [3.63, 3.8) is 0 Å². The molecule has 7 heteroatoms. The molecule has 0 atom stereocenters. The van der Waals surface area contributed by atoms with Gasteiger partial charge < -0.3 is 10.1 Å². The van der Waals surface area contributed by atoms with Gasteiger partial charge in [0, 0.05) is 6.54 Å². The van der Waals surface area contributed by atoms with Gasteiger partial charge in [-0.05, 0) is 13.8 Å². The van der Waals surface area contributed by atoms with Crippen molar-refractivity contribution < 1.29 is 22.3 Å². The maximum atomic E-state index is 13.1. The van der Waals surface area contributed by atoms with E-state index >= 15 is 0 Å². The first-order valence-corrected chi connectivity index (χ1v) is 4.99. The summed E-state index contributed by atoms with van der Waals surface area (Å²) in [7, 11) is 0. The number of nitrogens with zero attached hydrogens (tertiary/aromatic N) is 1. The molecule has 0 unspecified atom stereocenters. The number of nitrogens with one attached hydrogen (secondary N) is 1. The van der Waals surface area contributed by atoms with Crippen LogP contribution in [0.3, 0.4) is 0 Å². The van der Waals surface area contributed by atoms with Gasteiger partial charge >= 0.3 is 0 Å². The second-order valence-corrected chi connectivity index (χ2v) is 3.54. The maximum absolute atomic E-state index is 13.1. The molecule has 3 nitrogen and oxygen atoms in total. The number of aromatic nitrogens is 1. The van der Waals surface area contributed by atoms with E-state index in [1.807, 2.05) is 0 Å². The molecule has 0 aliphatic carbocycles. The van der Waals surface area contributed by atoms with E-state index in [0.717, 1.165) is 0 Å². The van der Waals surface area contributed by atoms with Crippen LogP contribution in [0, 0.1) is 23.5 Å². The first-order valence-electron chi connectivity index (χ1n) is 4.99. The van der Waals surface area contributed by atoms with Gasteiger partial charge in [-0.1, -0.05) is 0 Å². The molecule has 1 heterocycles. The molecule has 0 aliphatic rings. The predicted octanol–water partition coefficient (Wildman–Crippen LogP) is 2.47. The highest BCUT2D eigenvalue weighted by Crippen LogP contribution is 2.21. The Morgan fingerprint density at radius 1 is 1.12 bits per heavy atom. The summed E-state index contributed by atoms with van der Waals surface area (Å²) in [4.78, 5) is 2.44. The van der Waals surface area contributed by atoms with Crippen LogP contribution in [0.2, 0.25) is 0 Å².